The van der Waals surface area contributed by atoms with Gasteiger partial charge in [-0.3, -0.25) is 4.79 Å². The molecule has 0 spiro atoms. The Morgan fingerprint density at radius 1 is 0.778 bits per heavy atom. The minimum Gasteiger partial charge on any atom is -0.478 e. The van der Waals surface area contributed by atoms with Gasteiger partial charge >= 0.3 is 24.7 Å². The highest BCUT2D eigenvalue weighted by atomic mass is 19.4. The molecule has 1 atom stereocenters. The summed E-state index contributed by atoms with van der Waals surface area (Å²) in [6, 6.07) is 15.6. The molecule has 0 unspecified atom stereocenters. The third kappa shape index (κ3) is 7.39. The van der Waals surface area contributed by atoms with E-state index in [9.17, 15) is 54.2 Å². The summed E-state index contributed by atoms with van der Waals surface area (Å²) in [5.41, 5.74) is -4.87. The van der Waals surface area contributed by atoms with Gasteiger partial charge < -0.3 is 15.2 Å². The maximum Gasteiger partial charge on any atom is 0.461 e. The number of alkyl halides is 7. The Bertz CT molecular complexity index is 1690. The van der Waals surface area contributed by atoms with E-state index in [0.717, 1.165) is 30.3 Å². The lowest BCUT2D eigenvalue weighted by Gasteiger charge is -2.37. The molecule has 0 bridgehead atoms. The van der Waals surface area contributed by atoms with E-state index >= 15 is 0 Å². The molecule has 0 aliphatic rings. The van der Waals surface area contributed by atoms with Crippen molar-refractivity contribution in [3.8, 4) is 5.75 Å². The van der Waals surface area contributed by atoms with E-state index in [1.165, 1.54) is 24.3 Å². The van der Waals surface area contributed by atoms with Gasteiger partial charge in [0.25, 0.3) is 5.91 Å². The minimum atomic E-state index is -5.20. The molecule has 0 aliphatic carbocycles. The highest BCUT2D eigenvalue weighted by Crippen LogP contribution is 2.39. The zero-order valence-electron chi connectivity index (χ0n) is 22.5. The van der Waals surface area contributed by atoms with Crippen molar-refractivity contribution in [2.24, 2.45) is 0 Å². The quantitative estimate of drug-likeness (QED) is 0.173. The Kier molecular flexibility index (Phi) is 9.17. The molecule has 14 heteroatoms. The van der Waals surface area contributed by atoms with E-state index in [4.69, 9.17) is 0 Å². The molecule has 0 saturated carbocycles. The lowest BCUT2D eigenvalue weighted by Crippen LogP contribution is -2.49. The van der Waals surface area contributed by atoms with Crippen molar-refractivity contribution >= 4 is 11.9 Å². The fraction of sp³-hybridized carbons (Fsp3) is 0.161. The highest BCUT2D eigenvalue weighted by Gasteiger charge is 2.45. The van der Waals surface area contributed by atoms with Gasteiger partial charge in [-0.05, 0) is 59.2 Å². The summed E-state index contributed by atoms with van der Waals surface area (Å²) in [5.74, 6) is -6.69. The summed E-state index contributed by atoms with van der Waals surface area (Å²) in [7, 11) is 0. The monoisotopic (exact) mass is 641 g/mol. The smallest absolute Gasteiger partial charge is 0.461 e. The third-order valence-electron chi connectivity index (χ3n) is 6.67. The van der Waals surface area contributed by atoms with Crippen LogP contribution in [0.3, 0.4) is 0 Å². The van der Waals surface area contributed by atoms with Crippen molar-refractivity contribution in [2.75, 3.05) is 0 Å². The number of carbonyl (C=O) groups is 2. The van der Waals surface area contributed by atoms with Crippen molar-refractivity contribution in [3.63, 3.8) is 0 Å². The highest BCUT2D eigenvalue weighted by molar-refractivity contribution is 5.95. The molecule has 4 rings (SSSR count). The number of aromatic carboxylic acids is 1. The van der Waals surface area contributed by atoms with Crippen LogP contribution in [0.15, 0.2) is 91.0 Å². The molecule has 4 aromatic carbocycles. The number of ether oxygens (including phenoxy) is 1. The topological polar surface area (TPSA) is 75.6 Å². The number of carbonyl (C=O) groups excluding carboxylic acids is 1. The summed E-state index contributed by atoms with van der Waals surface area (Å²) < 4.78 is 127. The number of carboxylic acids is 1. The van der Waals surface area contributed by atoms with Crippen molar-refractivity contribution in [3.05, 3.63) is 136 Å². The predicted octanol–water partition coefficient (Wildman–Crippen LogP) is 7.83. The summed E-state index contributed by atoms with van der Waals surface area (Å²) in [6.45, 7) is 0. The molecule has 45 heavy (non-hydrogen) atoms. The number of rotatable bonds is 10. The van der Waals surface area contributed by atoms with E-state index in [1.54, 1.807) is 18.2 Å². The molecular weight excluding hydrogens is 621 g/mol. The van der Waals surface area contributed by atoms with Crippen LogP contribution in [-0.4, -0.2) is 29.5 Å². The predicted molar refractivity (Wildman–Crippen MR) is 141 cm³/mol. The Morgan fingerprint density at radius 2 is 1.40 bits per heavy atom. The van der Waals surface area contributed by atoms with E-state index in [2.05, 4.69) is 10.1 Å². The van der Waals surface area contributed by atoms with E-state index in [0.29, 0.717) is 17.7 Å². The number of hydrogen-bond donors (Lipinski definition) is 2. The molecule has 0 aromatic heterocycles. The van der Waals surface area contributed by atoms with Gasteiger partial charge in [0, 0.05) is 18.1 Å². The Hall–Kier alpha value is -5.01. The first-order chi connectivity index (χ1) is 21.0. The fourth-order valence-corrected chi connectivity index (χ4v) is 4.58. The first-order valence-electron chi connectivity index (χ1n) is 12.7. The zero-order chi connectivity index (χ0) is 33.2. The van der Waals surface area contributed by atoms with Crippen LogP contribution in [0.2, 0.25) is 0 Å². The molecular formula is C31H20F9NO4. The first-order valence-corrected chi connectivity index (χ1v) is 12.7. The van der Waals surface area contributed by atoms with Crippen LogP contribution < -0.4 is 10.1 Å². The van der Waals surface area contributed by atoms with Gasteiger partial charge in [0.15, 0.2) is 0 Å². The molecule has 5 nitrogen and oxygen atoms in total. The van der Waals surface area contributed by atoms with Crippen LogP contribution in [0, 0.1) is 11.6 Å². The fourth-order valence-electron chi connectivity index (χ4n) is 4.58. The number of benzene rings is 4. The molecule has 4 aromatic rings. The lowest BCUT2D eigenvalue weighted by atomic mass is 9.77. The number of carboxylic acid groups (broad SMARTS) is 1. The van der Waals surface area contributed by atoms with Crippen LogP contribution in [0.1, 0.15) is 43.0 Å². The molecule has 0 heterocycles. The van der Waals surface area contributed by atoms with Gasteiger partial charge in [0.2, 0.25) is 0 Å². The summed E-state index contributed by atoms with van der Waals surface area (Å²) in [5, 5.41) is 11.9. The SMILES string of the molecule is O=C(O)c1ccc([C@@](Cc2ccccc2)(NC(=O)c2ccc(F)c(C(F)(F)F)c2)c2cc(F)cc(OC(F)(F)C(F)F)c2)cc1. The number of nitrogens with one attached hydrogen (secondary N) is 1. The normalized spacial score (nSPS) is 13.3. The molecule has 2 N–H and O–H groups in total. The van der Waals surface area contributed by atoms with Gasteiger partial charge in [0.05, 0.1) is 16.7 Å². The van der Waals surface area contributed by atoms with Crippen LogP contribution in [0.4, 0.5) is 39.5 Å². The second-order valence-corrected chi connectivity index (χ2v) is 9.74. The molecule has 0 radical (unpaired) electrons. The van der Waals surface area contributed by atoms with Gasteiger partial charge in [-0.1, -0.05) is 42.5 Å². The molecule has 0 fully saturated rings. The number of halogens is 9. The van der Waals surface area contributed by atoms with Crippen LogP contribution in [-0.2, 0) is 18.1 Å². The van der Waals surface area contributed by atoms with Crippen molar-refractivity contribution in [1.82, 2.24) is 5.32 Å². The second-order valence-electron chi connectivity index (χ2n) is 9.74. The van der Waals surface area contributed by atoms with Gasteiger partial charge in [-0.25, -0.2) is 13.6 Å². The van der Waals surface area contributed by atoms with Gasteiger partial charge in [-0.2, -0.15) is 30.7 Å². The third-order valence-corrected chi connectivity index (χ3v) is 6.67. The van der Waals surface area contributed by atoms with Crippen molar-refractivity contribution in [1.29, 1.82) is 0 Å². The van der Waals surface area contributed by atoms with Crippen molar-refractivity contribution in [2.45, 2.75) is 30.7 Å². The standard InChI is InChI=1S/C31H20F9NO4/c32-22-13-21(14-23(15-22)45-31(39,40)28(34)35)29(16-17-4-2-1-3-5-17,20-9-6-18(7-10-20)27(43)44)41-26(42)19-8-11-25(33)24(12-19)30(36,37)38/h1-15,28H,16H2,(H,41,42)(H,43,44)/t29-/m1/s1. The average molecular weight is 641 g/mol. The number of hydrogen-bond acceptors (Lipinski definition) is 3. The van der Waals surface area contributed by atoms with E-state index in [-0.39, 0.29) is 23.6 Å². The van der Waals surface area contributed by atoms with Crippen LogP contribution in [0.25, 0.3) is 0 Å². The minimum absolute atomic E-state index is 0.0278. The van der Waals surface area contributed by atoms with Crippen molar-refractivity contribution < 1.29 is 58.9 Å². The molecule has 0 aliphatic heterocycles. The Morgan fingerprint density at radius 3 is 1.98 bits per heavy atom. The molecule has 1 amide bonds. The van der Waals surface area contributed by atoms with Crippen LogP contribution >= 0.6 is 0 Å². The maximum atomic E-state index is 15.0. The molecule has 236 valence electrons. The van der Waals surface area contributed by atoms with Gasteiger partial charge in [0.1, 0.15) is 17.4 Å². The van der Waals surface area contributed by atoms with Crippen LogP contribution in [0.5, 0.6) is 5.75 Å². The maximum absolute atomic E-state index is 15.0. The molecule has 0 saturated heterocycles. The first kappa shape index (κ1) is 32.9. The zero-order valence-corrected chi connectivity index (χ0v) is 22.5. The van der Waals surface area contributed by atoms with Gasteiger partial charge in [-0.15, -0.1) is 0 Å². The average Bonchev–Trinajstić information content (AvgIpc) is 2.96. The Labute approximate surface area is 248 Å². The Balaban J connectivity index is 1.98. The van der Waals surface area contributed by atoms with E-state index in [1.807, 2.05) is 0 Å². The summed E-state index contributed by atoms with van der Waals surface area (Å²) in [6.07, 6.45) is -14.9. The largest absolute Gasteiger partial charge is 0.478 e. The summed E-state index contributed by atoms with van der Waals surface area (Å²) in [4.78, 5) is 25.1. The van der Waals surface area contributed by atoms with E-state index < -0.39 is 70.2 Å². The lowest BCUT2D eigenvalue weighted by molar-refractivity contribution is -0.253. The summed E-state index contributed by atoms with van der Waals surface area (Å²) >= 11 is 0. The number of amides is 1. The second kappa shape index (κ2) is 12.5.